The Morgan fingerprint density at radius 2 is 1.45 bits per heavy atom. The predicted molar refractivity (Wildman–Crippen MR) is 96.9 cm³/mol. The smallest absolute Gasteiger partial charge is 0.193 e. The van der Waals surface area contributed by atoms with Gasteiger partial charge >= 0.3 is 0 Å². The number of rotatable bonds is 2. The van der Waals surface area contributed by atoms with Crippen LogP contribution in [-0.4, -0.2) is 5.78 Å². The fourth-order valence-corrected chi connectivity index (χ4v) is 4.04. The van der Waals surface area contributed by atoms with Crippen molar-refractivity contribution in [2.45, 2.75) is 0 Å². The number of carbonyl (C=O) groups is 1. The van der Waals surface area contributed by atoms with E-state index in [0.29, 0.717) is 5.56 Å². The second-order valence-corrected chi connectivity index (χ2v) is 7.14. The third-order valence-corrected chi connectivity index (χ3v) is 5.41. The lowest BCUT2D eigenvalue weighted by molar-refractivity contribution is 0.103. The van der Waals surface area contributed by atoms with Crippen molar-refractivity contribution in [3.05, 3.63) is 82.3 Å². The van der Waals surface area contributed by atoms with Crippen LogP contribution in [0.4, 0.5) is 0 Å². The Labute approximate surface area is 140 Å². The number of hydrogen-bond acceptors (Lipinski definition) is 2. The van der Waals surface area contributed by atoms with E-state index in [1.165, 1.54) is 15.5 Å². The molecular weight excluding hydrogens is 356 g/mol. The molecule has 0 aliphatic carbocycles. The third-order valence-electron chi connectivity index (χ3n) is 3.75. The summed E-state index contributed by atoms with van der Waals surface area (Å²) in [6.45, 7) is 0. The zero-order valence-corrected chi connectivity index (χ0v) is 13.9. The topological polar surface area (TPSA) is 17.1 Å². The lowest BCUT2D eigenvalue weighted by Crippen LogP contribution is -2.00. The highest BCUT2D eigenvalue weighted by Crippen LogP contribution is 2.34. The van der Waals surface area contributed by atoms with Gasteiger partial charge in [0.05, 0.1) is 0 Å². The molecule has 0 unspecified atom stereocenters. The van der Waals surface area contributed by atoms with E-state index in [4.69, 9.17) is 0 Å². The van der Waals surface area contributed by atoms with Gasteiger partial charge in [0, 0.05) is 35.8 Å². The van der Waals surface area contributed by atoms with E-state index < -0.39 is 0 Å². The molecule has 0 aliphatic heterocycles. The van der Waals surface area contributed by atoms with Crippen molar-refractivity contribution in [2.24, 2.45) is 0 Å². The standard InChI is InChI=1S/C19H11BrOS/c20-14-8-5-12(6-9-14)19(21)13-7-10-16-15-3-1-2-4-17(15)22-18(16)11-13/h1-11H. The van der Waals surface area contributed by atoms with E-state index >= 15 is 0 Å². The molecular formula is C19H11BrOS. The summed E-state index contributed by atoms with van der Waals surface area (Å²) in [5.74, 6) is 0.0619. The molecule has 0 radical (unpaired) electrons. The number of thiophene rings is 1. The number of halogens is 1. The molecule has 0 bridgehead atoms. The van der Waals surface area contributed by atoms with Crippen molar-refractivity contribution in [3.63, 3.8) is 0 Å². The van der Waals surface area contributed by atoms with Gasteiger partial charge in [0.1, 0.15) is 0 Å². The van der Waals surface area contributed by atoms with Gasteiger partial charge in [-0.15, -0.1) is 11.3 Å². The highest BCUT2D eigenvalue weighted by Gasteiger charge is 2.11. The molecule has 4 aromatic rings. The Morgan fingerprint density at radius 3 is 2.27 bits per heavy atom. The molecule has 0 fully saturated rings. The van der Waals surface area contributed by atoms with Gasteiger partial charge < -0.3 is 0 Å². The number of ketones is 1. The van der Waals surface area contributed by atoms with Crippen LogP contribution in [0.25, 0.3) is 20.2 Å². The van der Waals surface area contributed by atoms with Crippen molar-refractivity contribution < 1.29 is 4.79 Å². The quantitative estimate of drug-likeness (QED) is 0.394. The summed E-state index contributed by atoms with van der Waals surface area (Å²) >= 11 is 5.12. The minimum atomic E-state index is 0.0619. The van der Waals surface area contributed by atoms with Gasteiger partial charge in [-0.1, -0.05) is 46.3 Å². The number of benzene rings is 3. The largest absolute Gasteiger partial charge is 0.289 e. The first kappa shape index (κ1) is 13.7. The molecule has 0 atom stereocenters. The molecule has 1 aromatic heterocycles. The summed E-state index contributed by atoms with van der Waals surface area (Å²) in [6, 6.07) is 21.8. The van der Waals surface area contributed by atoms with Crippen molar-refractivity contribution in [3.8, 4) is 0 Å². The van der Waals surface area contributed by atoms with Crippen LogP contribution in [0.5, 0.6) is 0 Å². The molecule has 3 heteroatoms. The van der Waals surface area contributed by atoms with Crippen LogP contribution in [0, 0.1) is 0 Å². The molecule has 0 saturated heterocycles. The summed E-state index contributed by atoms with van der Waals surface area (Å²) in [4.78, 5) is 12.6. The number of hydrogen-bond donors (Lipinski definition) is 0. The Kier molecular flexibility index (Phi) is 3.32. The van der Waals surface area contributed by atoms with E-state index in [1.54, 1.807) is 11.3 Å². The fraction of sp³-hybridized carbons (Fsp3) is 0. The van der Waals surface area contributed by atoms with Gasteiger partial charge in [0.2, 0.25) is 0 Å². The maximum absolute atomic E-state index is 12.6. The van der Waals surface area contributed by atoms with Gasteiger partial charge in [-0.2, -0.15) is 0 Å². The molecule has 1 nitrogen and oxygen atoms in total. The molecule has 3 aromatic carbocycles. The average Bonchev–Trinajstić information content (AvgIpc) is 2.92. The average molecular weight is 367 g/mol. The van der Waals surface area contributed by atoms with Gasteiger partial charge in [-0.25, -0.2) is 0 Å². The molecule has 0 saturated carbocycles. The lowest BCUT2D eigenvalue weighted by Gasteiger charge is -2.02. The summed E-state index contributed by atoms with van der Waals surface area (Å²) < 4.78 is 3.39. The molecule has 4 rings (SSSR count). The minimum absolute atomic E-state index is 0.0619. The summed E-state index contributed by atoms with van der Waals surface area (Å²) in [7, 11) is 0. The molecule has 0 N–H and O–H groups in total. The second-order valence-electron chi connectivity index (χ2n) is 5.15. The van der Waals surface area contributed by atoms with Gasteiger partial charge in [0.15, 0.2) is 5.78 Å². The first-order chi connectivity index (χ1) is 10.7. The van der Waals surface area contributed by atoms with E-state index in [-0.39, 0.29) is 5.78 Å². The molecule has 1 heterocycles. The molecule has 22 heavy (non-hydrogen) atoms. The van der Waals surface area contributed by atoms with Crippen LogP contribution in [0.15, 0.2) is 71.2 Å². The van der Waals surface area contributed by atoms with Crippen molar-refractivity contribution in [2.75, 3.05) is 0 Å². The van der Waals surface area contributed by atoms with Crippen molar-refractivity contribution >= 4 is 53.2 Å². The zero-order chi connectivity index (χ0) is 15.1. The van der Waals surface area contributed by atoms with Crippen LogP contribution in [0.1, 0.15) is 15.9 Å². The van der Waals surface area contributed by atoms with E-state index in [9.17, 15) is 4.79 Å². The maximum Gasteiger partial charge on any atom is 0.193 e. The van der Waals surface area contributed by atoms with Gasteiger partial charge in [-0.3, -0.25) is 4.79 Å². The summed E-state index contributed by atoms with van der Waals surface area (Å²) in [6.07, 6.45) is 0. The van der Waals surface area contributed by atoms with Crippen molar-refractivity contribution in [1.29, 1.82) is 0 Å². The Morgan fingerprint density at radius 1 is 0.773 bits per heavy atom. The Balaban J connectivity index is 1.83. The lowest BCUT2D eigenvalue weighted by atomic mass is 10.0. The SMILES string of the molecule is O=C(c1ccc(Br)cc1)c1ccc2c(c1)sc1ccccc12. The normalized spacial score (nSPS) is 11.1. The Hall–Kier alpha value is -1.97. The fourth-order valence-electron chi connectivity index (χ4n) is 2.64. The molecule has 0 aliphatic rings. The first-order valence-electron chi connectivity index (χ1n) is 6.94. The van der Waals surface area contributed by atoms with Crippen LogP contribution in [-0.2, 0) is 0 Å². The monoisotopic (exact) mass is 366 g/mol. The predicted octanol–water partition coefficient (Wildman–Crippen LogP) is 6.05. The highest BCUT2D eigenvalue weighted by molar-refractivity contribution is 9.10. The highest BCUT2D eigenvalue weighted by atomic mass is 79.9. The molecule has 0 amide bonds. The molecule has 0 spiro atoms. The van der Waals surface area contributed by atoms with Gasteiger partial charge in [-0.05, 0) is 36.4 Å². The van der Waals surface area contributed by atoms with E-state index in [2.05, 4.69) is 40.2 Å². The van der Waals surface area contributed by atoms with E-state index in [1.807, 2.05) is 42.5 Å². The zero-order valence-electron chi connectivity index (χ0n) is 11.5. The minimum Gasteiger partial charge on any atom is -0.289 e. The first-order valence-corrected chi connectivity index (χ1v) is 8.55. The molecule has 106 valence electrons. The van der Waals surface area contributed by atoms with Crippen LogP contribution >= 0.6 is 27.3 Å². The number of carbonyl (C=O) groups excluding carboxylic acids is 1. The van der Waals surface area contributed by atoms with Crippen LogP contribution < -0.4 is 0 Å². The Bertz CT molecular complexity index is 999. The summed E-state index contributed by atoms with van der Waals surface area (Å²) in [5, 5.41) is 2.47. The second kappa shape index (κ2) is 5.34. The van der Waals surface area contributed by atoms with Gasteiger partial charge in [0.25, 0.3) is 0 Å². The van der Waals surface area contributed by atoms with E-state index in [0.717, 1.165) is 14.7 Å². The third kappa shape index (κ3) is 2.27. The van der Waals surface area contributed by atoms with Crippen LogP contribution in [0.3, 0.4) is 0 Å². The number of fused-ring (bicyclic) bond motifs is 3. The van der Waals surface area contributed by atoms with Crippen LogP contribution in [0.2, 0.25) is 0 Å². The summed E-state index contributed by atoms with van der Waals surface area (Å²) in [5.41, 5.74) is 1.45. The maximum atomic E-state index is 12.6. The van der Waals surface area contributed by atoms with Crippen molar-refractivity contribution in [1.82, 2.24) is 0 Å².